The van der Waals surface area contributed by atoms with Gasteiger partial charge in [-0.3, -0.25) is 9.59 Å². The molecule has 0 spiro atoms. The van der Waals surface area contributed by atoms with Crippen LogP contribution in [0.3, 0.4) is 0 Å². The Bertz CT molecular complexity index is 372. The van der Waals surface area contributed by atoms with E-state index in [2.05, 4.69) is 22.3 Å². The number of carboxylic acids is 1. The van der Waals surface area contributed by atoms with Crippen molar-refractivity contribution in [3.63, 3.8) is 0 Å². The van der Waals surface area contributed by atoms with Crippen LogP contribution in [0.2, 0.25) is 0 Å². The smallest absolute Gasteiger partial charge is 0.326 e. The molecular formula is C13H22N2O5. The summed E-state index contributed by atoms with van der Waals surface area (Å²) < 4.78 is 4.46. The van der Waals surface area contributed by atoms with Crippen LogP contribution in [0.15, 0.2) is 0 Å². The summed E-state index contributed by atoms with van der Waals surface area (Å²) in [5, 5.41) is 14.6. The molecule has 0 aromatic carbocycles. The second-order valence-electron chi connectivity index (χ2n) is 5.15. The minimum atomic E-state index is -1.15. The van der Waals surface area contributed by atoms with Gasteiger partial charge in [-0.2, -0.15) is 0 Å². The summed E-state index contributed by atoms with van der Waals surface area (Å²) in [7, 11) is 1.24. The maximum atomic E-state index is 12.0. The van der Waals surface area contributed by atoms with Crippen molar-refractivity contribution in [1.82, 2.24) is 10.6 Å². The molecule has 1 amide bonds. The molecule has 0 aliphatic carbocycles. The second kappa shape index (κ2) is 7.84. The Labute approximate surface area is 118 Å². The SMILES string of the molecule is COC(=O)CCC(NC(=O)C1CC(C)CCN1)C(=O)O. The van der Waals surface area contributed by atoms with Gasteiger partial charge in [0, 0.05) is 6.42 Å². The Kier molecular flexibility index (Phi) is 6.44. The molecule has 1 fully saturated rings. The molecule has 7 nitrogen and oxygen atoms in total. The van der Waals surface area contributed by atoms with Crippen LogP contribution < -0.4 is 10.6 Å². The van der Waals surface area contributed by atoms with Gasteiger partial charge in [-0.25, -0.2) is 4.79 Å². The molecule has 3 unspecified atom stereocenters. The largest absolute Gasteiger partial charge is 0.480 e. The van der Waals surface area contributed by atoms with Gasteiger partial charge in [0.2, 0.25) is 5.91 Å². The van der Waals surface area contributed by atoms with E-state index in [1.807, 2.05) is 0 Å². The van der Waals surface area contributed by atoms with E-state index in [-0.39, 0.29) is 24.8 Å². The molecule has 3 atom stereocenters. The fourth-order valence-corrected chi connectivity index (χ4v) is 2.20. The van der Waals surface area contributed by atoms with Crippen LogP contribution in [-0.4, -0.2) is 48.7 Å². The fraction of sp³-hybridized carbons (Fsp3) is 0.769. The van der Waals surface area contributed by atoms with Crippen LogP contribution in [0.1, 0.15) is 32.6 Å². The van der Waals surface area contributed by atoms with Crippen LogP contribution in [0.5, 0.6) is 0 Å². The van der Waals surface area contributed by atoms with Crippen molar-refractivity contribution in [2.75, 3.05) is 13.7 Å². The molecule has 0 aromatic heterocycles. The Morgan fingerprint density at radius 3 is 2.70 bits per heavy atom. The van der Waals surface area contributed by atoms with Crippen molar-refractivity contribution in [3.05, 3.63) is 0 Å². The molecule has 114 valence electrons. The maximum Gasteiger partial charge on any atom is 0.326 e. The number of amides is 1. The van der Waals surface area contributed by atoms with Crippen LogP contribution in [0, 0.1) is 5.92 Å². The summed E-state index contributed by atoms with van der Waals surface area (Å²) in [5.74, 6) is -1.53. The second-order valence-corrected chi connectivity index (χ2v) is 5.15. The predicted octanol–water partition coefficient (Wildman–Crippen LogP) is -0.103. The van der Waals surface area contributed by atoms with Gasteiger partial charge < -0.3 is 20.5 Å². The van der Waals surface area contributed by atoms with Crippen LogP contribution >= 0.6 is 0 Å². The van der Waals surface area contributed by atoms with E-state index in [0.717, 1.165) is 13.0 Å². The molecule has 0 bridgehead atoms. The highest BCUT2D eigenvalue weighted by molar-refractivity contribution is 5.87. The number of carboxylic acid groups (broad SMARTS) is 1. The lowest BCUT2D eigenvalue weighted by molar-refractivity contribution is -0.144. The van der Waals surface area contributed by atoms with E-state index in [0.29, 0.717) is 12.3 Å². The average molecular weight is 286 g/mol. The molecule has 1 saturated heterocycles. The third-order valence-corrected chi connectivity index (χ3v) is 3.46. The minimum Gasteiger partial charge on any atom is -0.480 e. The number of aliphatic carboxylic acids is 1. The van der Waals surface area contributed by atoms with Gasteiger partial charge in [0.1, 0.15) is 6.04 Å². The number of nitrogens with one attached hydrogen (secondary N) is 2. The van der Waals surface area contributed by atoms with Crippen molar-refractivity contribution in [3.8, 4) is 0 Å². The van der Waals surface area contributed by atoms with Gasteiger partial charge in [-0.1, -0.05) is 6.92 Å². The van der Waals surface area contributed by atoms with Gasteiger partial charge in [-0.15, -0.1) is 0 Å². The number of carbonyl (C=O) groups excluding carboxylic acids is 2. The number of rotatable bonds is 6. The van der Waals surface area contributed by atoms with Crippen molar-refractivity contribution < 1.29 is 24.2 Å². The van der Waals surface area contributed by atoms with Gasteiger partial charge in [0.15, 0.2) is 0 Å². The zero-order valence-corrected chi connectivity index (χ0v) is 11.8. The lowest BCUT2D eigenvalue weighted by atomic mass is 9.93. The number of hydrogen-bond donors (Lipinski definition) is 3. The quantitative estimate of drug-likeness (QED) is 0.589. The summed E-state index contributed by atoms with van der Waals surface area (Å²) in [6.07, 6.45) is 1.68. The minimum absolute atomic E-state index is 0.0238. The van der Waals surface area contributed by atoms with E-state index in [4.69, 9.17) is 5.11 Å². The molecule has 1 rings (SSSR count). The van der Waals surface area contributed by atoms with Gasteiger partial charge in [0.25, 0.3) is 0 Å². The summed E-state index contributed by atoms with van der Waals surface area (Å²) in [5.41, 5.74) is 0. The van der Waals surface area contributed by atoms with Gasteiger partial charge in [-0.05, 0) is 31.7 Å². The lowest BCUT2D eigenvalue weighted by Gasteiger charge is -2.28. The van der Waals surface area contributed by atoms with E-state index in [1.54, 1.807) is 0 Å². The number of ether oxygens (including phenoxy) is 1. The summed E-state index contributed by atoms with van der Waals surface area (Å²) in [4.78, 5) is 34.1. The van der Waals surface area contributed by atoms with Crippen molar-refractivity contribution in [1.29, 1.82) is 0 Å². The summed E-state index contributed by atoms with van der Waals surface area (Å²) >= 11 is 0. The zero-order valence-electron chi connectivity index (χ0n) is 11.8. The highest BCUT2D eigenvalue weighted by Crippen LogP contribution is 2.15. The Morgan fingerprint density at radius 1 is 1.45 bits per heavy atom. The summed E-state index contributed by atoms with van der Waals surface area (Å²) in [6.45, 7) is 2.81. The molecule has 1 heterocycles. The van der Waals surface area contributed by atoms with E-state index < -0.39 is 18.0 Å². The standard InChI is InChI=1S/C13H22N2O5/c1-8-5-6-14-10(7-8)12(17)15-9(13(18)19)3-4-11(16)20-2/h8-10,14H,3-7H2,1-2H3,(H,15,17)(H,18,19). The lowest BCUT2D eigenvalue weighted by Crippen LogP contribution is -2.52. The number of piperidine rings is 1. The Hall–Kier alpha value is -1.63. The van der Waals surface area contributed by atoms with Gasteiger partial charge in [0.05, 0.1) is 13.2 Å². The van der Waals surface area contributed by atoms with E-state index >= 15 is 0 Å². The first-order valence-corrected chi connectivity index (χ1v) is 6.77. The number of hydrogen-bond acceptors (Lipinski definition) is 5. The molecule has 0 aromatic rings. The first kappa shape index (κ1) is 16.4. The van der Waals surface area contributed by atoms with Crippen molar-refractivity contribution >= 4 is 17.8 Å². The third kappa shape index (κ3) is 5.16. The molecule has 1 aliphatic heterocycles. The molecule has 3 N–H and O–H groups in total. The van der Waals surface area contributed by atoms with Crippen LogP contribution in [0.25, 0.3) is 0 Å². The Balaban J connectivity index is 2.49. The monoisotopic (exact) mass is 286 g/mol. The number of methoxy groups -OCH3 is 1. The number of carbonyl (C=O) groups is 3. The zero-order chi connectivity index (χ0) is 15.1. The topological polar surface area (TPSA) is 105 Å². The molecular weight excluding hydrogens is 264 g/mol. The highest BCUT2D eigenvalue weighted by atomic mass is 16.5. The third-order valence-electron chi connectivity index (χ3n) is 3.46. The Morgan fingerprint density at radius 2 is 2.15 bits per heavy atom. The highest BCUT2D eigenvalue weighted by Gasteiger charge is 2.28. The predicted molar refractivity (Wildman–Crippen MR) is 71.0 cm³/mol. The first-order valence-electron chi connectivity index (χ1n) is 6.77. The molecule has 20 heavy (non-hydrogen) atoms. The van der Waals surface area contributed by atoms with Crippen LogP contribution in [-0.2, 0) is 19.1 Å². The molecule has 0 radical (unpaired) electrons. The molecule has 7 heteroatoms. The van der Waals surface area contributed by atoms with Crippen molar-refractivity contribution in [2.24, 2.45) is 5.92 Å². The average Bonchev–Trinajstić information content (AvgIpc) is 2.42. The first-order chi connectivity index (χ1) is 9.43. The maximum absolute atomic E-state index is 12.0. The molecule has 0 saturated carbocycles. The van der Waals surface area contributed by atoms with E-state index in [1.165, 1.54) is 7.11 Å². The van der Waals surface area contributed by atoms with Crippen LogP contribution in [0.4, 0.5) is 0 Å². The molecule has 1 aliphatic rings. The van der Waals surface area contributed by atoms with Gasteiger partial charge >= 0.3 is 11.9 Å². The number of esters is 1. The normalized spacial score (nSPS) is 23.7. The van der Waals surface area contributed by atoms with E-state index in [9.17, 15) is 14.4 Å². The summed E-state index contributed by atoms with van der Waals surface area (Å²) in [6, 6.07) is -1.43. The fourth-order valence-electron chi connectivity index (χ4n) is 2.20. The van der Waals surface area contributed by atoms with Crippen molar-refractivity contribution in [2.45, 2.75) is 44.7 Å².